The minimum atomic E-state index is -0.471. The normalized spacial score (nSPS) is 12.5. The van der Waals surface area contributed by atoms with Gasteiger partial charge >= 0.3 is 0 Å². The van der Waals surface area contributed by atoms with Crippen molar-refractivity contribution in [1.82, 2.24) is 0 Å². The second-order valence-corrected chi connectivity index (χ2v) is 5.38. The van der Waals surface area contributed by atoms with E-state index in [0.717, 1.165) is 23.1 Å². The molecule has 1 N–H and O–H groups in total. The number of hydrogen-bond acceptors (Lipinski definition) is 2. The summed E-state index contributed by atoms with van der Waals surface area (Å²) in [6.07, 6.45) is 0. The lowest BCUT2D eigenvalue weighted by atomic mass is 10.2. The van der Waals surface area contributed by atoms with E-state index in [1.807, 2.05) is 13.0 Å². The summed E-state index contributed by atoms with van der Waals surface area (Å²) in [4.78, 5) is 0.971. The largest absolute Gasteiger partial charge is 0.375 e. The van der Waals surface area contributed by atoms with Crippen molar-refractivity contribution in [1.29, 1.82) is 0 Å². The Kier molecular flexibility index (Phi) is 3.64. The molecule has 1 nitrogen and oxygen atoms in total. The first kappa shape index (κ1) is 12.3. The van der Waals surface area contributed by atoms with E-state index in [9.17, 15) is 8.78 Å². The van der Waals surface area contributed by atoms with Crippen molar-refractivity contribution >= 4 is 28.6 Å². The molecule has 0 saturated carbocycles. The average molecular weight is 274 g/mol. The number of rotatable bonds is 3. The second-order valence-electron chi connectivity index (χ2n) is 3.63. The molecule has 0 fully saturated rings. The predicted octanol–water partition coefficient (Wildman–Crippen LogP) is 4.85. The van der Waals surface area contributed by atoms with Crippen LogP contribution in [0, 0.1) is 11.6 Å². The summed E-state index contributed by atoms with van der Waals surface area (Å²) in [6, 6.07) is 6.85. The van der Waals surface area contributed by atoms with Gasteiger partial charge in [-0.3, -0.25) is 0 Å². The Hall–Kier alpha value is -1.13. The fraction of sp³-hybridized carbons (Fsp3) is 0.167. The molecule has 2 rings (SSSR count). The van der Waals surface area contributed by atoms with Crippen molar-refractivity contribution in [3.05, 3.63) is 51.2 Å². The lowest BCUT2D eigenvalue weighted by Gasteiger charge is -2.14. The Morgan fingerprint density at radius 2 is 2.00 bits per heavy atom. The minimum absolute atomic E-state index is 0.121. The van der Waals surface area contributed by atoms with E-state index in [2.05, 4.69) is 5.32 Å². The fourth-order valence-electron chi connectivity index (χ4n) is 1.47. The van der Waals surface area contributed by atoms with Gasteiger partial charge in [-0.25, -0.2) is 8.78 Å². The number of hydrogen-bond donors (Lipinski definition) is 1. The van der Waals surface area contributed by atoms with Crippen LogP contribution in [0.4, 0.5) is 14.5 Å². The van der Waals surface area contributed by atoms with Crippen LogP contribution in [0.15, 0.2) is 30.3 Å². The van der Waals surface area contributed by atoms with E-state index < -0.39 is 11.6 Å². The summed E-state index contributed by atoms with van der Waals surface area (Å²) in [5, 5.41) is 2.92. The molecular formula is C12H10ClF2NS. The number of nitrogens with one attached hydrogen (secondary N) is 1. The van der Waals surface area contributed by atoms with Crippen LogP contribution in [0.3, 0.4) is 0 Å². The van der Waals surface area contributed by atoms with Crippen LogP contribution in [0.2, 0.25) is 4.34 Å². The van der Waals surface area contributed by atoms with Gasteiger partial charge in [0.1, 0.15) is 11.6 Å². The van der Waals surface area contributed by atoms with E-state index in [-0.39, 0.29) is 11.7 Å². The highest BCUT2D eigenvalue weighted by atomic mass is 35.5. The zero-order chi connectivity index (χ0) is 12.4. The molecule has 17 heavy (non-hydrogen) atoms. The minimum Gasteiger partial charge on any atom is -0.375 e. The molecular weight excluding hydrogens is 264 g/mol. The van der Waals surface area contributed by atoms with Crippen molar-refractivity contribution in [2.24, 2.45) is 0 Å². The maximum atomic E-state index is 13.4. The van der Waals surface area contributed by atoms with Crippen LogP contribution >= 0.6 is 22.9 Å². The number of thiophene rings is 1. The van der Waals surface area contributed by atoms with Gasteiger partial charge < -0.3 is 5.32 Å². The summed E-state index contributed by atoms with van der Waals surface area (Å²) in [6.45, 7) is 1.87. The van der Waals surface area contributed by atoms with Crippen LogP contribution in [-0.2, 0) is 0 Å². The van der Waals surface area contributed by atoms with Gasteiger partial charge in [0.05, 0.1) is 16.1 Å². The quantitative estimate of drug-likeness (QED) is 0.843. The highest BCUT2D eigenvalue weighted by Gasteiger charge is 2.11. The molecule has 2 aromatic rings. The molecule has 5 heteroatoms. The van der Waals surface area contributed by atoms with Crippen LogP contribution in [0.25, 0.3) is 0 Å². The van der Waals surface area contributed by atoms with Gasteiger partial charge in [0, 0.05) is 4.88 Å². The van der Waals surface area contributed by atoms with Gasteiger partial charge in [-0.2, -0.15) is 0 Å². The van der Waals surface area contributed by atoms with Gasteiger partial charge in [0.2, 0.25) is 0 Å². The Morgan fingerprint density at radius 1 is 1.24 bits per heavy atom. The molecule has 1 aromatic carbocycles. The topological polar surface area (TPSA) is 12.0 Å². The summed E-state index contributed by atoms with van der Waals surface area (Å²) in [5.74, 6) is -0.939. The first-order valence-electron chi connectivity index (χ1n) is 5.03. The lowest BCUT2D eigenvalue weighted by Crippen LogP contribution is -2.06. The predicted molar refractivity (Wildman–Crippen MR) is 67.7 cm³/mol. The molecule has 90 valence electrons. The highest BCUT2D eigenvalue weighted by Crippen LogP contribution is 2.29. The molecule has 1 unspecified atom stereocenters. The van der Waals surface area contributed by atoms with Gasteiger partial charge in [0.15, 0.2) is 0 Å². The van der Waals surface area contributed by atoms with Gasteiger partial charge in [0.25, 0.3) is 0 Å². The number of halogens is 3. The summed E-state index contributed by atoms with van der Waals surface area (Å²) in [7, 11) is 0. The van der Waals surface area contributed by atoms with Crippen LogP contribution < -0.4 is 5.32 Å². The third-order valence-corrected chi connectivity index (χ3v) is 3.74. The SMILES string of the molecule is CC(Nc1cc(F)ccc1F)c1ccc(Cl)s1. The Labute approximate surface area is 107 Å². The summed E-state index contributed by atoms with van der Waals surface area (Å²) in [5.41, 5.74) is 0.155. The molecule has 0 amide bonds. The zero-order valence-corrected chi connectivity index (χ0v) is 10.6. The van der Waals surface area contributed by atoms with Crippen LogP contribution in [0.1, 0.15) is 17.8 Å². The third-order valence-electron chi connectivity index (χ3n) is 2.32. The lowest BCUT2D eigenvalue weighted by molar-refractivity contribution is 0.600. The van der Waals surface area contributed by atoms with E-state index in [4.69, 9.17) is 11.6 Å². The number of anilines is 1. The standard InChI is InChI=1S/C12H10ClF2NS/c1-7(11-4-5-12(13)17-11)16-10-6-8(14)2-3-9(10)15/h2-7,16H,1H3. The van der Waals surface area contributed by atoms with Gasteiger partial charge in [-0.15, -0.1) is 11.3 Å². The molecule has 0 saturated heterocycles. The zero-order valence-electron chi connectivity index (χ0n) is 9.01. The van der Waals surface area contributed by atoms with E-state index in [0.29, 0.717) is 4.34 Å². The van der Waals surface area contributed by atoms with E-state index in [1.54, 1.807) is 6.07 Å². The molecule has 0 aliphatic rings. The second kappa shape index (κ2) is 5.02. The molecule has 0 aliphatic heterocycles. The third kappa shape index (κ3) is 2.96. The van der Waals surface area contributed by atoms with Gasteiger partial charge in [-0.05, 0) is 37.3 Å². The molecule has 0 radical (unpaired) electrons. The first-order chi connectivity index (χ1) is 8.06. The maximum absolute atomic E-state index is 13.4. The van der Waals surface area contributed by atoms with Crippen molar-refractivity contribution in [2.75, 3.05) is 5.32 Å². The Bertz CT molecular complexity index is 527. The van der Waals surface area contributed by atoms with Crippen molar-refractivity contribution in [2.45, 2.75) is 13.0 Å². The first-order valence-corrected chi connectivity index (χ1v) is 6.22. The van der Waals surface area contributed by atoms with Gasteiger partial charge in [-0.1, -0.05) is 11.6 Å². The average Bonchev–Trinajstić information content (AvgIpc) is 2.70. The van der Waals surface area contributed by atoms with Crippen molar-refractivity contribution in [3.8, 4) is 0 Å². The molecule has 0 bridgehead atoms. The maximum Gasteiger partial charge on any atom is 0.146 e. The monoisotopic (exact) mass is 273 g/mol. The van der Waals surface area contributed by atoms with E-state index in [1.165, 1.54) is 11.3 Å². The Morgan fingerprint density at radius 3 is 2.65 bits per heavy atom. The van der Waals surface area contributed by atoms with E-state index >= 15 is 0 Å². The smallest absolute Gasteiger partial charge is 0.146 e. The molecule has 1 atom stereocenters. The highest BCUT2D eigenvalue weighted by molar-refractivity contribution is 7.16. The van der Waals surface area contributed by atoms with Crippen LogP contribution in [-0.4, -0.2) is 0 Å². The van der Waals surface area contributed by atoms with Crippen molar-refractivity contribution in [3.63, 3.8) is 0 Å². The Balaban J connectivity index is 2.18. The summed E-state index contributed by atoms with van der Waals surface area (Å²) >= 11 is 7.23. The summed E-state index contributed by atoms with van der Waals surface area (Å²) < 4.78 is 27.1. The van der Waals surface area contributed by atoms with Crippen LogP contribution in [0.5, 0.6) is 0 Å². The molecule has 0 spiro atoms. The molecule has 0 aliphatic carbocycles. The van der Waals surface area contributed by atoms with Crippen molar-refractivity contribution < 1.29 is 8.78 Å². The molecule has 1 aromatic heterocycles. The fourth-order valence-corrected chi connectivity index (χ4v) is 2.54. The number of benzene rings is 1. The molecule has 1 heterocycles.